The van der Waals surface area contributed by atoms with Gasteiger partial charge in [0, 0.05) is 31.5 Å². The fraction of sp³-hybridized carbons (Fsp3) is 0.381. The molecular formula is C21H28FN3O3. The van der Waals surface area contributed by atoms with Crippen molar-refractivity contribution < 1.29 is 20.1 Å². The van der Waals surface area contributed by atoms with Gasteiger partial charge in [-0.1, -0.05) is 6.07 Å². The number of aryl methyl sites for hydroxylation is 1. The minimum Gasteiger partial charge on any atom is -0.471 e. The SMILES string of the molecule is COC=O.Cc1ccc(NC(=O)N2CCCCC2C)cc1-c1cncc(F)c1.[HH]. The molecule has 1 atom stereocenters. The summed E-state index contributed by atoms with van der Waals surface area (Å²) in [7, 11) is 1.31. The normalized spacial score (nSPS) is 15.9. The molecule has 2 heterocycles. The van der Waals surface area contributed by atoms with Crippen molar-refractivity contribution >= 4 is 18.2 Å². The van der Waals surface area contributed by atoms with Gasteiger partial charge in [0.1, 0.15) is 5.82 Å². The number of urea groups is 1. The number of carbonyl (C=O) groups excluding carboxylic acids is 2. The van der Waals surface area contributed by atoms with Crippen LogP contribution < -0.4 is 5.32 Å². The van der Waals surface area contributed by atoms with Crippen molar-refractivity contribution in [3.63, 3.8) is 0 Å². The van der Waals surface area contributed by atoms with Crippen LogP contribution in [0.2, 0.25) is 0 Å². The molecule has 0 radical (unpaired) electrons. The largest absolute Gasteiger partial charge is 0.471 e. The van der Waals surface area contributed by atoms with E-state index < -0.39 is 0 Å². The van der Waals surface area contributed by atoms with Crippen LogP contribution in [0.5, 0.6) is 0 Å². The number of anilines is 1. The van der Waals surface area contributed by atoms with Gasteiger partial charge >= 0.3 is 6.03 Å². The van der Waals surface area contributed by atoms with Gasteiger partial charge < -0.3 is 15.0 Å². The van der Waals surface area contributed by atoms with Crippen LogP contribution in [-0.2, 0) is 9.53 Å². The van der Waals surface area contributed by atoms with Crippen LogP contribution in [0.3, 0.4) is 0 Å². The Bertz CT molecular complexity index is 820. The van der Waals surface area contributed by atoms with E-state index in [1.165, 1.54) is 25.8 Å². The van der Waals surface area contributed by atoms with Gasteiger partial charge in [-0.05, 0) is 62.4 Å². The Morgan fingerprint density at radius 2 is 2.11 bits per heavy atom. The number of hydrogen-bond acceptors (Lipinski definition) is 4. The lowest BCUT2D eigenvalue weighted by atomic mass is 10.0. The molecule has 2 amide bonds. The number of aromatic nitrogens is 1. The summed E-state index contributed by atoms with van der Waals surface area (Å²) in [5.74, 6) is -0.372. The minimum atomic E-state index is -0.372. The Kier molecular flexibility index (Phi) is 7.92. The molecule has 28 heavy (non-hydrogen) atoms. The molecule has 1 aromatic heterocycles. The van der Waals surface area contributed by atoms with E-state index in [0.29, 0.717) is 17.7 Å². The Labute approximate surface area is 166 Å². The van der Waals surface area contributed by atoms with Crippen molar-refractivity contribution in [3.8, 4) is 11.1 Å². The average Bonchev–Trinajstić information content (AvgIpc) is 2.70. The highest BCUT2D eigenvalue weighted by Gasteiger charge is 2.23. The first-order valence-electron chi connectivity index (χ1n) is 9.22. The molecule has 1 aliphatic rings. The number of pyridine rings is 1. The summed E-state index contributed by atoms with van der Waals surface area (Å²) in [5, 5.41) is 2.97. The number of ether oxygens (including phenoxy) is 1. The number of methoxy groups -OCH3 is 1. The lowest BCUT2D eigenvalue weighted by molar-refractivity contribution is -0.126. The number of hydrogen-bond donors (Lipinski definition) is 1. The number of amides is 2. The van der Waals surface area contributed by atoms with Crippen molar-refractivity contribution in [2.75, 3.05) is 19.0 Å². The number of nitrogens with one attached hydrogen (secondary N) is 1. The second-order valence-corrected chi connectivity index (χ2v) is 6.72. The Balaban J connectivity index is 0.000000771. The highest BCUT2D eigenvalue weighted by Crippen LogP contribution is 2.27. The quantitative estimate of drug-likeness (QED) is 0.777. The molecule has 6 nitrogen and oxygen atoms in total. The minimum absolute atomic E-state index is 0. The van der Waals surface area contributed by atoms with Gasteiger partial charge in [0.25, 0.3) is 6.47 Å². The lowest BCUT2D eigenvalue weighted by Crippen LogP contribution is -2.44. The zero-order valence-electron chi connectivity index (χ0n) is 16.4. The molecule has 0 aliphatic carbocycles. The zero-order valence-corrected chi connectivity index (χ0v) is 16.4. The summed E-state index contributed by atoms with van der Waals surface area (Å²) in [6, 6.07) is 7.31. The zero-order chi connectivity index (χ0) is 20.5. The number of halogens is 1. The molecule has 1 unspecified atom stereocenters. The Morgan fingerprint density at radius 3 is 2.75 bits per heavy atom. The van der Waals surface area contributed by atoms with Crippen molar-refractivity contribution in [3.05, 3.63) is 48.0 Å². The van der Waals surface area contributed by atoms with Crippen LogP contribution in [-0.4, -0.2) is 42.1 Å². The maximum Gasteiger partial charge on any atom is 0.322 e. The van der Waals surface area contributed by atoms with Gasteiger partial charge in [0.15, 0.2) is 0 Å². The topological polar surface area (TPSA) is 71.5 Å². The number of piperidine rings is 1. The summed E-state index contributed by atoms with van der Waals surface area (Å²) in [4.78, 5) is 27.2. The maximum absolute atomic E-state index is 13.4. The number of carbonyl (C=O) groups is 2. The summed E-state index contributed by atoms with van der Waals surface area (Å²) >= 11 is 0. The van der Waals surface area contributed by atoms with E-state index in [2.05, 4.69) is 22.0 Å². The van der Waals surface area contributed by atoms with Gasteiger partial charge in [-0.25, -0.2) is 9.18 Å². The lowest BCUT2D eigenvalue weighted by Gasteiger charge is -2.33. The van der Waals surface area contributed by atoms with Gasteiger partial charge in [-0.3, -0.25) is 9.78 Å². The van der Waals surface area contributed by atoms with Gasteiger partial charge in [0.05, 0.1) is 13.3 Å². The molecule has 1 aromatic carbocycles. The number of nitrogens with zero attached hydrogens (tertiary/aromatic N) is 2. The van der Waals surface area contributed by atoms with E-state index >= 15 is 0 Å². The van der Waals surface area contributed by atoms with Crippen molar-refractivity contribution in [2.45, 2.75) is 39.2 Å². The predicted octanol–water partition coefficient (Wildman–Crippen LogP) is 4.64. The van der Waals surface area contributed by atoms with Gasteiger partial charge in [-0.2, -0.15) is 0 Å². The van der Waals surface area contributed by atoms with E-state index in [1.54, 1.807) is 6.20 Å². The van der Waals surface area contributed by atoms with Crippen LogP contribution in [0.25, 0.3) is 11.1 Å². The second-order valence-electron chi connectivity index (χ2n) is 6.72. The van der Waals surface area contributed by atoms with E-state index in [4.69, 9.17) is 4.79 Å². The third-order valence-electron chi connectivity index (χ3n) is 4.66. The smallest absolute Gasteiger partial charge is 0.322 e. The summed E-state index contributed by atoms with van der Waals surface area (Å²) < 4.78 is 17.3. The molecular weight excluding hydrogens is 361 g/mol. The number of likely N-dealkylation sites (tertiary alicyclic amines) is 1. The van der Waals surface area contributed by atoms with E-state index in [1.807, 2.05) is 30.0 Å². The van der Waals surface area contributed by atoms with Crippen LogP contribution in [0.4, 0.5) is 14.9 Å². The monoisotopic (exact) mass is 389 g/mol. The van der Waals surface area contributed by atoms with Crippen molar-refractivity contribution in [2.24, 2.45) is 0 Å². The first-order valence-corrected chi connectivity index (χ1v) is 9.22. The first-order chi connectivity index (χ1) is 13.5. The second kappa shape index (κ2) is 10.4. The number of rotatable bonds is 3. The van der Waals surface area contributed by atoms with Gasteiger partial charge in [-0.15, -0.1) is 0 Å². The molecule has 0 spiro atoms. The molecule has 0 saturated carbocycles. The van der Waals surface area contributed by atoms with Crippen molar-refractivity contribution in [1.82, 2.24) is 9.88 Å². The molecule has 152 valence electrons. The fourth-order valence-corrected chi connectivity index (χ4v) is 3.17. The molecule has 0 bridgehead atoms. The van der Waals surface area contributed by atoms with Gasteiger partial charge in [0.2, 0.25) is 0 Å². The van der Waals surface area contributed by atoms with E-state index in [9.17, 15) is 9.18 Å². The fourth-order valence-electron chi connectivity index (χ4n) is 3.17. The van der Waals surface area contributed by atoms with Crippen molar-refractivity contribution in [1.29, 1.82) is 0 Å². The summed E-state index contributed by atoms with van der Waals surface area (Å²) in [5.41, 5.74) is 3.29. The maximum atomic E-state index is 13.4. The molecule has 3 rings (SSSR count). The summed E-state index contributed by atoms with van der Waals surface area (Å²) in [6.07, 6.45) is 6.07. The molecule has 1 aliphatic heterocycles. The van der Waals surface area contributed by atoms with E-state index in [-0.39, 0.29) is 19.3 Å². The Hall–Kier alpha value is -2.96. The molecule has 1 saturated heterocycles. The Morgan fingerprint density at radius 1 is 1.36 bits per heavy atom. The standard InChI is InChI=1S/C19H22FN3O.C2H4O2.H2/c1-13-6-7-17(10-18(13)15-9-16(20)12-21-11-15)22-19(24)23-8-4-3-5-14(23)2;1-4-2-3;/h6-7,9-12,14H,3-5,8H2,1-2H3,(H,22,24);2H,1H3;1H. The highest BCUT2D eigenvalue weighted by atomic mass is 19.1. The van der Waals surface area contributed by atoms with Crippen LogP contribution in [0, 0.1) is 12.7 Å². The van der Waals surface area contributed by atoms with Crippen LogP contribution in [0.15, 0.2) is 36.7 Å². The van der Waals surface area contributed by atoms with Crippen LogP contribution in [0.1, 0.15) is 33.2 Å². The third kappa shape index (κ3) is 5.77. The average molecular weight is 389 g/mol. The molecule has 2 aromatic rings. The highest BCUT2D eigenvalue weighted by molar-refractivity contribution is 5.90. The molecule has 1 N–H and O–H groups in total. The van der Waals surface area contributed by atoms with E-state index in [0.717, 1.165) is 30.5 Å². The predicted molar refractivity (Wildman–Crippen MR) is 109 cm³/mol. The third-order valence-corrected chi connectivity index (χ3v) is 4.66. The molecule has 1 fully saturated rings. The number of benzene rings is 1. The van der Waals surface area contributed by atoms with Crippen LogP contribution >= 0.6 is 0 Å². The molecule has 7 heteroatoms. The first kappa shape index (κ1) is 21.3. The summed E-state index contributed by atoms with van der Waals surface area (Å²) in [6.45, 7) is 5.20.